The Balaban J connectivity index is 1.21. The van der Waals surface area contributed by atoms with Crippen LogP contribution in [0, 0.1) is 5.92 Å². The van der Waals surface area contributed by atoms with E-state index < -0.39 is 0 Å². The van der Waals surface area contributed by atoms with Gasteiger partial charge in [-0.2, -0.15) is 0 Å². The number of nitrogens with one attached hydrogen (secondary N) is 1. The first kappa shape index (κ1) is 19.7. The van der Waals surface area contributed by atoms with Crippen LogP contribution in [0.2, 0.25) is 0 Å². The summed E-state index contributed by atoms with van der Waals surface area (Å²) in [4.78, 5) is 17.9. The number of aliphatic imine (C=N–C) groups is 1. The van der Waals surface area contributed by atoms with Crippen molar-refractivity contribution >= 4 is 11.9 Å². The molecule has 1 saturated carbocycles. The molecule has 6 nitrogen and oxygen atoms in total. The molecule has 29 heavy (non-hydrogen) atoms. The lowest BCUT2D eigenvalue weighted by Gasteiger charge is -2.37. The van der Waals surface area contributed by atoms with E-state index in [0.29, 0.717) is 0 Å². The van der Waals surface area contributed by atoms with Gasteiger partial charge in [0.1, 0.15) is 0 Å². The number of guanidine groups is 1. The molecule has 154 valence electrons. The van der Waals surface area contributed by atoms with Crippen LogP contribution in [0.5, 0.6) is 0 Å². The Morgan fingerprint density at radius 3 is 2.31 bits per heavy atom. The van der Waals surface area contributed by atoms with Crippen LogP contribution in [0.3, 0.4) is 0 Å². The van der Waals surface area contributed by atoms with Gasteiger partial charge < -0.3 is 15.1 Å². The molecule has 2 aromatic rings. The number of hydrogen-bond acceptors (Lipinski definition) is 4. The maximum atomic E-state index is 4.54. The van der Waals surface area contributed by atoms with Crippen molar-refractivity contribution in [3.05, 3.63) is 54.4 Å². The van der Waals surface area contributed by atoms with E-state index in [4.69, 9.17) is 0 Å². The van der Waals surface area contributed by atoms with E-state index in [1.54, 1.807) is 0 Å². The van der Waals surface area contributed by atoms with Gasteiger partial charge in [0.2, 0.25) is 5.95 Å². The maximum absolute atomic E-state index is 4.54. The van der Waals surface area contributed by atoms with E-state index in [-0.39, 0.29) is 0 Å². The Labute approximate surface area is 174 Å². The third-order valence-corrected chi connectivity index (χ3v) is 6.29. The van der Waals surface area contributed by atoms with Gasteiger partial charge in [-0.25, -0.2) is 9.97 Å². The molecule has 6 heteroatoms. The Kier molecular flexibility index (Phi) is 6.60. The van der Waals surface area contributed by atoms with Gasteiger partial charge in [0.15, 0.2) is 5.96 Å². The molecule has 1 saturated heterocycles. The molecule has 2 aliphatic rings. The van der Waals surface area contributed by atoms with Crippen LogP contribution in [0.15, 0.2) is 53.8 Å². The number of nitrogens with zero attached hydrogens (tertiary/aromatic N) is 5. The number of rotatable bonds is 4. The SMILES string of the molecule is CN=C(NCC1CCC(c2ccccc2)CC1)N1CCN(c2ncccn2)CC1. The molecule has 4 rings (SSSR count). The summed E-state index contributed by atoms with van der Waals surface area (Å²) < 4.78 is 0. The second kappa shape index (κ2) is 9.72. The topological polar surface area (TPSA) is 56.7 Å². The number of piperazine rings is 1. The van der Waals surface area contributed by atoms with E-state index in [1.165, 1.54) is 31.2 Å². The molecular formula is C23H32N6. The van der Waals surface area contributed by atoms with E-state index >= 15 is 0 Å². The number of benzene rings is 1. The number of hydrogen-bond donors (Lipinski definition) is 1. The van der Waals surface area contributed by atoms with Crippen molar-refractivity contribution in [1.82, 2.24) is 20.2 Å². The van der Waals surface area contributed by atoms with Crippen molar-refractivity contribution in [3.8, 4) is 0 Å². The van der Waals surface area contributed by atoms with Gasteiger partial charge in [-0.1, -0.05) is 30.3 Å². The van der Waals surface area contributed by atoms with Crippen molar-refractivity contribution in [2.24, 2.45) is 10.9 Å². The fraction of sp³-hybridized carbons (Fsp3) is 0.522. The van der Waals surface area contributed by atoms with Crippen LogP contribution < -0.4 is 10.2 Å². The first-order chi connectivity index (χ1) is 14.3. The minimum Gasteiger partial charge on any atom is -0.356 e. The summed E-state index contributed by atoms with van der Waals surface area (Å²) in [6.45, 7) is 4.76. The standard InChI is InChI=1S/C23H32N6/c1-24-22(28-14-16-29(17-15-28)23-25-12-5-13-26-23)27-18-19-8-10-21(11-9-19)20-6-3-2-4-7-20/h2-7,12-13,19,21H,8-11,14-18H2,1H3,(H,24,27). The number of anilines is 1. The van der Waals surface area contributed by atoms with Gasteiger partial charge in [-0.15, -0.1) is 0 Å². The highest BCUT2D eigenvalue weighted by Gasteiger charge is 2.24. The third kappa shape index (κ3) is 5.05. The molecule has 0 atom stereocenters. The lowest BCUT2D eigenvalue weighted by Crippen LogP contribution is -2.53. The van der Waals surface area contributed by atoms with Crippen LogP contribution in [-0.2, 0) is 0 Å². The Morgan fingerprint density at radius 2 is 1.66 bits per heavy atom. The predicted molar refractivity (Wildman–Crippen MR) is 118 cm³/mol. The first-order valence-corrected chi connectivity index (χ1v) is 10.9. The number of aromatic nitrogens is 2. The molecule has 2 heterocycles. The molecule has 2 fully saturated rings. The minimum absolute atomic E-state index is 0.736. The van der Waals surface area contributed by atoms with Gasteiger partial charge in [0, 0.05) is 52.2 Å². The molecule has 1 N–H and O–H groups in total. The van der Waals surface area contributed by atoms with Crippen LogP contribution >= 0.6 is 0 Å². The van der Waals surface area contributed by atoms with Crippen molar-refractivity contribution in [1.29, 1.82) is 0 Å². The summed E-state index contributed by atoms with van der Waals surface area (Å²) in [5, 5.41) is 3.64. The van der Waals surface area contributed by atoms with Crippen LogP contribution in [0.4, 0.5) is 5.95 Å². The Morgan fingerprint density at radius 1 is 0.966 bits per heavy atom. The Hall–Kier alpha value is -2.63. The van der Waals surface area contributed by atoms with Crippen molar-refractivity contribution in [2.45, 2.75) is 31.6 Å². The van der Waals surface area contributed by atoms with Gasteiger partial charge >= 0.3 is 0 Å². The predicted octanol–water partition coefficient (Wildman–Crippen LogP) is 3.15. The Bertz CT molecular complexity index is 762. The molecule has 0 amide bonds. The smallest absolute Gasteiger partial charge is 0.225 e. The molecule has 1 aliphatic carbocycles. The molecular weight excluding hydrogens is 360 g/mol. The van der Waals surface area contributed by atoms with Gasteiger partial charge in [-0.3, -0.25) is 4.99 Å². The maximum Gasteiger partial charge on any atom is 0.225 e. The monoisotopic (exact) mass is 392 g/mol. The molecule has 1 aliphatic heterocycles. The quantitative estimate of drug-likeness (QED) is 0.640. The summed E-state index contributed by atoms with van der Waals surface area (Å²) >= 11 is 0. The summed E-state index contributed by atoms with van der Waals surface area (Å²) in [6, 6.07) is 12.9. The highest BCUT2D eigenvalue weighted by Crippen LogP contribution is 2.35. The van der Waals surface area contributed by atoms with Gasteiger partial charge in [-0.05, 0) is 49.1 Å². The fourth-order valence-corrected chi connectivity index (χ4v) is 4.57. The average molecular weight is 393 g/mol. The zero-order valence-electron chi connectivity index (χ0n) is 17.4. The molecule has 1 aromatic heterocycles. The highest BCUT2D eigenvalue weighted by molar-refractivity contribution is 5.80. The van der Waals surface area contributed by atoms with E-state index in [1.807, 2.05) is 25.5 Å². The summed E-state index contributed by atoms with van der Waals surface area (Å²) in [6.07, 6.45) is 8.80. The largest absolute Gasteiger partial charge is 0.356 e. The summed E-state index contributed by atoms with van der Waals surface area (Å²) in [5.74, 6) is 3.33. The summed E-state index contributed by atoms with van der Waals surface area (Å²) in [7, 11) is 1.89. The van der Waals surface area contributed by atoms with E-state index in [9.17, 15) is 0 Å². The molecule has 0 radical (unpaired) electrons. The van der Waals surface area contributed by atoms with E-state index in [2.05, 4.69) is 60.4 Å². The van der Waals surface area contributed by atoms with E-state index in [0.717, 1.165) is 56.5 Å². The lowest BCUT2D eigenvalue weighted by molar-refractivity contribution is 0.315. The minimum atomic E-state index is 0.736. The zero-order valence-corrected chi connectivity index (χ0v) is 17.4. The second-order valence-corrected chi connectivity index (χ2v) is 8.08. The molecule has 1 aromatic carbocycles. The zero-order chi connectivity index (χ0) is 19.9. The van der Waals surface area contributed by atoms with Crippen molar-refractivity contribution < 1.29 is 0 Å². The van der Waals surface area contributed by atoms with Crippen molar-refractivity contribution in [2.75, 3.05) is 44.7 Å². The second-order valence-electron chi connectivity index (χ2n) is 8.08. The normalized spacial score (nSPS) is 23.1. The van der Waals surface area contributed by atoms with Crippen molar-refractivity contribution in [3.63, 3.8) is 0 Å². The van der Waals surface area contributed by atoms with Gasteiger partial charge in [0.05, 0.1) is 0 Å². The summed E-state index contributed by atoms with van der Waals surface area (Å²) in [5.41, 5.74) is 1.51. The molecule has 0 spiro atoms. The van der Waals surface area contributed by atoms with Crippen LogP contribution in [0.1, 0.15) is 37.2 Å². The third-order valence-electron chi connectivity index (χ3n) is 6.29. The van der Waals surface area contributed by atoms with Gasteiger partial charge in [0.25, 0.3) is 0 Å². The fourth-order valence-electron chi connectivity index (χ4n) is 4.57. The lowest BCUT2D eigenvalue weighted by atomic mass is 9.79. The average Bonchev–Trinajstić information content (AvgIpc) is 2.81. The van der Waals surface area contributed by atoms with Crippen LogP contribution in [-0.4, -0.2) is 60.6 Å². The van der Waals surface area contributed by atoms with Crippen LogP contribution in [0.25, 0.3) is 0 Å². The molecule has 0 unspecified atom stereocenters. The molecule has 0 bridgehead atoms. The highest BCUT2D eigenvalue weighted by atomic mass is 15.4. The first-order valence-electron chi connectivity index (χ1n) is 10.9.